The van der Waals surface area contributed by atoms with Crippen molar-refractivity contribution in [3.05, 3.63) is 63.1 Å². The van der Waals surface area contributed by atoms with Gasteiger partial charge >= 0.3 is 0 Å². The van der Waals surface area contributed by atoms with E-state index in [4.69, 9.17) is 11.6 Å². The summed E-state index contributed by atoms with van der Waals surface area (Å²) >= 11 is 9.36. The summed E-state index contributed by atoms with van der Waals surface area (Å²) in [6.45, 7) is 2.16. The summed E-state index contributed by atoms with van der Waals surface area (Å²) in [7, 11) is 0. The van der Waals surface area contributed by atoms with Crippen LogP contribution in [0, 0.1) is 0 Å². The van der Waals surface area contributed by atoms with Crippen molar-refractivity contribution in [3.63, 3.8) is 0 Å². The van der Waals surface area contributed by atoms with Crippen LogP contribution >= 0.6 is 27.5 Å². The quantitative estimate of drug-likeness (QED) is 0.658. The fourth-order valence-corrected chi connectivity index (χ4v) is 4.07. The molecule has 0 unspecified atom stereocenters. The van der Waals surface area contributed by atoms with Gasteiger partial charge in [0.05, 0.1) is 11.1 Å². The minimum absolute atomic E-state index is 0.223. The first kappa shape index (κ1) is 19.0. The third-order valence-electron chi connectivity index (χ3n) is 5.03. The van der Waals surface area contributed by atoms with Crippen LogP contribution in [-0.2, 0) is 4.79 Å². The van der Waals surface area contributed by atoms with Crippen molar-refractivity contribution in [2.24, 2.45) is 0 Å². The second kappa shape index (κ2) is 7.56. The maximum absolute atomic E-state index is 12.7. The zero-order chi connectivity index (χ0) is 19.8. The Labute approximate surface area is 175 Å². The number of hydrogen-bond acceptors (Lipinski definition) is 4. The van der Waals surface area contributed by atoms with Crippen LogP contribution in [0.3, 0.4) is 0 Å². The molecular formula is C20H17BrClN3O3. The second-order valence-electron chi connectivity index (χ2n) is 6.73. The molecule has 0 aromatic heterocycles. The molecule has 1 fully saturated rings. The Morgan fingerprint density at radius 2 is 1.68 bits per heavy atom. The number of carbonyl (C=O) groups is 3. The summed E-state index contributed by atoms with van der Waals surface area (Å²) in [6, 6.07) is 12.5. The van der Waals surface area contributed by atoms with E-state index >= 15 is 0 Å². The maximum Gasteiger partial charge on any atom is 0.262 e. The van der Waals surface area contributed by atoms with E-state index in [1.807, 2.05) is 24.3 Å². The Morgan fingerprint density at radius 3 is 2.39 bits per heavy atom. The highest BCUT2D eigenvalue weighted by atomic mass is 79.9. The summed E-state index contributed by atoms with van der Waals surface area (Å²) in [4.78, 5) is 42.6. The van der Waals surface area contributed by atoms with Crippen LogP contribution in [0.1, 0.15) is 20.7 Å². The SMILES string of the molecule is O=C(CN1C(=O)c2ccc(Br)cc2C1=O)N1CCN(c2cccc(Cl)c2)CC1. The van der Waals surface area contributed by atoms with Crippen molar-refractivity contribution in [1.82, 2.24) is 9.80 Å². The van der Waals surface area contributed by atoms with Crippen LogP contribution in [0.15, 0.2) is 46.9 Å². The lowest BCUT2D eigenvalue weighted by Crippen LogP contribution is -2.51. The number of imide groups is 1. The van der Waals surface area contributed by atoms with Gasteiger partial charge in [-0.05, 0) is 36.4 Å². The standard InChI is InChI=1S/C20H17BrClN3O3/c21-13-4-5-16-17(10-13)20(28)25(19(16)27)12-18(26)24-8-6-23(7-9-24)15-3-1-2-14(22)11-15/h1-5,10-11H,6-9,12H2. The molecule has 0 atom stereocenters. The van der Waals surface area contributed by atoms with Crippen LogP contribution < -0.4 is 4.90 Å². The van der Waals surface area contributed by atoms with Crippen LogP contribution in [0.4, 0.5) is 5.69 Å². The van der Waals surface area contributed by atoms with Crippen LogP contribution in [0.2, 0.25) is 5.02 Å². The third-order valence-corrected chi connectivity index (χ3v) is 5.76. The van der Waals surface area contributed by atoms with Crippen molar-refractivity contribution in [3.8, 4) is 0 Å². The monoisotopic (exact) mass is 461 g/mol. The van der Waals surface area contributed by atoms with E-state index in [1.54, 1.807) is 23.1 Å². The van der Waals surface area contributed by atoms with Gasteiger partial charge in [0.25, 0.3) is 11.8 Å². The zero-order valence-corrected chi connectivity index (χ0v) is 17.2. The van der Waals surface area contributed by atoms with Gasteiger partial charge in [0.1, 0.15) is 6.54 Å². The number of amides is 3. The Bertz CT molecular complexity index is 973. The first-order chi connectivity index (χ1) is 13.4. The minimum Gasteiger partial charge on any atom is -0.368 e. The van der Waals surface area contributed by atoms with Crippen LogP contribution in [-0.4, -0.2) is 60.2 Å². The number of anilines is 1. The van der Waals surface area contributed by atoms with Gasteiger partial charge in [0.2, 0.25) is 5.91 Å². The summed E-state index contributed by atoms with van der Waals surface area (Å²) in [5.41, 5.74) is 1.69. The largest absolute Gasteiger partial charge is 0.368 e. The molecule has 2 aliphatic rings. The van der Waals surface area contributed by atoms with E-state index in [0.717, 1.165) is 15.1 Å². The average Bonchev–Trinajstić information content (AvgIpc) is 2.92. The number of carbonyl (C=O) groups excluding carboxylic acids is 3. The molecule has 2 aromatic carbocycles. The molecule has 2 heterocycles. The first-order valence-corrected chi connectivity index (χ1v) is 10.0. The topological polar surface area (TPSA) is 60.9 Å². The molecule has 0 bridgehead atoms. The molecule has 0 aliphatic carbocycles. The second-order valence-corrected chi connectivity index (χ2v) is 8.09. The number of piperazine rings is 1. The Morgan fingerprint density at radius 1 is 0.964 bits per heavy atom. The molecule has 0 radical (unpaired) electrons. The molecule has 2 aromatic rings. The van der Waals surface area contributed by atoms with Crippen molar-refractivity contribution in [2.75, 3.05) is 37.6 Å². The Balaban J connectivity index is 1.39. The molecule has 0 N–H and O–H groups in total. The van der Waals surface area contributed by atoms with E-state index in [1.165, 1.54) is 0 Å². The molecule has 8 heteroatoms. The van der Waals surface area contributed by atoms with Crippen molar-refractivity contribution >= 4 is 50.9 Å². The predicted molar refractivity (Wildman–Crippen MR) is 110 cm³/mol. The van der Waals surface area contributed by atoms with Crippen molar-refractivity contribution in [2.45, 2.75) is 0 Å². The fourth-order valence-electron chi connectivity index (χ4n) is 3.53. The van der Waals surface area contributed by atoms with Gasteiger partial charge in [-0.15, -0.1) is 0 Å². The van der Waals surface area contributed by atoms with Gasteiger partial charge in [0.15, 0.2) is 0 Å². The molecule has 144 valence electrons. The summed E-state index contributed by atoms with van der Waals surface area (Å²) in [6.07, 6.45) is 0. The molecule has 0 saturated carbocycles. The van der Waals surface area contributed by atoms with E-state index in [0.29, 0.717) is 42.3 Å². The maximum atomic E-state index is 12.7. The molecule has 4 rings (SSSR count). The third kappa shape index (κ3) is 3.52. The molecule has 28 heavy (non-hydrogen) atoms. The number of nitrogens with zero attached hydrogens (tertiary/aromatic N) is 3. The molecule has 1 saturated heterocycles. The molecule has 0 spiro atoms. The molecule has 6 nitrogen and oxygen atoms in total. The van der Waals surface area contributed by atoms with Crippen LogP contribution in [0.5, 0.6) is 0 Å². The minimum atomic E-state index is -0.424. The zero-order valence-electron chi connectivity index (χ0n) is 14.9. The van der Waals surface area contributed by atoms with Crippen LogP contribution in [0.25, 0.3) is 0 Å². The highest BCUT2D eigenvalue weighted by Gasteiger charge is 2.37. The van der Waals surface area contributed by atoms with Gasteiger partial charge in [0, 0.05) is 41.4 Å². The lowest BCUT2D eigenvalue weighted by molar-refractivity contribution is -0.131. The van der Waals surface area contributed by atoms with Gasteiger partial charge in [-0.25, -0.2) is 0 Å². The number of hydrogen-bond donors (Lipinski definition) is 0. The average molecular weight is 463 g/mol. The summed E-state index contributed by atoms with van der Waals surface area (Å²) in [5, 5.41) is 0.674. The number of benzene rings is 2. The molecule has 3 amide bonds. The van der Waals surface area contributed by atoms with Gasteiger partial charge in [-0.3, -0.25) is 19.3 Å². The van der Waals surface area contributed by atoms with Gasteiger partial charge < -0.3 is 9.80 Å². The highest BCUT2D eigenvalue weighted by molar-refractivity contribution is 9.10. The Kier molecular flexibility index (Phi) is 5.12. The molecule has 2 aliphatic heterocycles. The molecular weight excluding hydrogens is 446 g/mol. The lowest BCUT2D eigenvalue weighted by Gasteiger charge is -2.36. The van der Waals surface area contributed by atoms with E-state index in [9.17, 15) is 14.4 Å². The normalized spacial score (nSPS) is 16.6. The van der Waals surface area contributed by atoms with Crippen molar-refractivity contribution in [1.29, 1.82) is 0 Å². The number of fused-ring (bicyclic) bond motifs is 1. The Hall–Kier alpha value is -2.38. The fraction of sp³-hybridized carbons (Fsp3) is 0.250. The highest BCUT2D eigenvalue weighted by Crippen LogP contribution is 2.26. The first-order valence-electron chi connectivity index (χ1n) is 8.88. The van der Waals surface area contributed by atoms with Crippen molar-refractivity contribution < 1.29 is 14.4 Å². The van der Waals surface area contributed by atoms with Gasteiger partial charge in [-0.2, -0.15) is 0 Å². The van der Waals surface area contributed by atoms with E-state index in [-0.39, 0.29) is 12.5 Å². The van der Waals surface area contributed by atoms with E-state index < -0.39 is 11.8 Å². The summed E-state index contributed by atoms with van der Waals surface area (Å²) < 4.78 is 0.720. The summed E-state index contributed by atoms with van der Waals surface area (Å²) in [5.74, 6) is -1.06. The predicted octanol–water partition coefficient (Wildman–Crippen LogP) is 3.05. The number of rotatable bonds is 3. The van der Waals surface area contributed by atoms with Gasteiger partial charge in [-0.1, -0.05) is 33.6 Å². The van der Waals surface area contributed by atoms with E-state index in [2.05, 4.69) is 20.8 Å². The number of halogens is 2. The smallest absolute Gasteiger partial charge is 0.262 e. The lowest BCUT2D eigenvalue weighted by atomic mass is 10.1.